The van der Waals surface area contributed by atoms with E-state index in [1.54, 1.807) is 0 Å². The summed E-state index contributed by atoms with van der Waals surface area (Å²) >= 11 is 0. The lowest BCUT2D eigenvalue weighted by molar-refractivity contribution is 0.229. The van der Waals surface area contributed by atoms with Gasteiger partial charge in [0, 0.05) is 25.8 Å². The van der Waals surface area contributed by atoms with Crippen LogP contribution in [0, 0.1) is 11.3 Å². The van der Waals surface area contributed by atoms with Crippen molar-refractivity contribution in [2.24, 2.45) is 18.4 Å². The van der Waals surface area contributed by atoms with Gasteiger partial charge in [0.25, 0.3) is 0 Å². The number of nitrogens with zero attached hydrogens (tertiary/aromatic N) is 2. The fourth-order valence-corrected chi connectivity index (χ4v) is 1.53. The molecule has 1 atom stereocenters. The zero-order chi connectivity index (χ0) is 12.3. The summed E-state index contributed by atoms with van der Waals surface area (Å²) < 4.78 is 1.93. The van der Waals surface area contributed by atoms with E-state index in [0.717, 1.165) is 6.54 Å². The Morgan fingerprint density at radius 1 is 1.38 bits per heavy atom. The van der Waals surface area contributed by atoms with E-state index in [1.165, 1.54) is 5.69 Å². The number of nitrogens with one attached hydrogen (secondary N) is 1. The smallest absolute Gasteiger partial charge is 0.0547 e. The van der Waals surface area contributed by atoms with Crippen LogP contribution in [0.5, 0.6) is 0 Å². The molecular formula is C13H25N3. The molecule has 1 rings (SSSR count). The highest BCUT2D eigenvalue weighted by Crippen LogP contribution is 2.25. The summed E-state index contributed by atoms with van der Waals surface area (Å²) in [6.45, 7) is 12.4. The summed E-state index contributed by atoms with van der Waals surface area (Å²) in [5.41, 5.74) is 1.56. The third-order valence-electron chi connectivity index (χ3n) is 3.73. The van der Waals surface area contributed by atoms with Gasteiger partial charge in [0.2, 0.25) is 0 Å². The molecule has 0 bridgehead atoms. The van der Waals surface area contributed by atoms with E-state index in [0.29, 0.717) is 17.4 Å². The van der Waals surface area contributed by atoms with Crippen LogP contribution >= 0.6 is 0 Å². The van der Waals surface area contributed by atoms with Crippen molar-refractivity contribution in [3.8, 4) is 0 Å². The molecule has 1 unspecified atom stereocenters. The number of aromatic nitrogens is 2. The Morgan fingerprint density at radius 2 is 2.00 bits per heavy atom. The van der Waals surface area contributed by atoms with Crippen molar-refractivity contribution in [2.75, 3.05) is 6.54 Å². The lowest BCUT2D eigenvalue weighted by atomic mass is 9.81. The van der Waals surface area contributed by atoms with Gasteiger partial charge >= 0.3 is 0 Å². The van der Waals surface area contributed by atoms with E-state index in [9.17, 15) is 0 Å². The molecular weight excluding hydrogens is 198 g/mol. The average molecular weight is 223 g/mol. The van der Waals surface area contributed by atoms with E-state index < -0.39 is 0 Å². The molecule has 0 spiro atoms. The minimum atomic E-state index is 0.326. The maximum atomic E-state index is 4.19. The molecule has 1 aromatic rings. The van der Waals surface area contributed by atoms with E-state index in [1.807, 2.05) is 17.9 Å². The second-order valence-electron chi connectivity index (χ2n) is 5.63. The summed E-state index contributed by atoms with van der Waals surface area (Å²) in [5, 5.41) is 7.78. The largest absolute Gasteiger partial charge is 0.308 e. The molecule has 1 N–H and O–H groups in total. The van der Waals surface area contributed by atoms with Crippen molar-refractivity contribution in [2.45, 2.75) is 40.7 Å². The molecule has 0 aromatic carbocycles. The van der Waals surface area contributed by atoms with Crippen molar-refractivity contribution < 1.29 is 0 Å². The Morgan fingerprint density at radius 3 is 2.44 bits per heavy atom. The predicted molar refractivity (Wildman–Crippen MR) is 68.2 cm³/mol. The van der Waals surface area contributed by atoms with Crippen LogP contribution in [0.15, 0.2) is 12.3 Å². The molecule has 0 aliphatic carbocycles. The second-order valence-corrected chi connectivity index (χ2v) is 5.63. The summed E-state index contributed by atoms with van der Waals surface area (Å²) in [7, 11) is 1.99. The third-order valence-corrected chi connectivity index (χ3v) is 3.73. The van der Waals surface area contributed by atoms with Gasteiger partial charge in [-0.2, -0.15) is 5.10 Å². The van der Waals surface area contributed by atoms with E-state index in [-0.39, 0.29) is 0 Å². The van der Waals surface area contributed by atoms with Gasteiger partial charge in [0.05, 0.1) is 5.69 Å². The van der Waals surface area contributed by atoms with Crippen LogP contribution < -0.4 is 5.32 Å². The molecule has 92 valence electrons. The van der Waals surface area contributed by atoms with Gasteiger partial charge in [-0.3, -0.25) is 4.68 Å². The lowest BCUT2D eigenvalue weighted by Crippen LogP contribution is -2.35. The minimum Gasteiger partial charge on any atom is -0.308 e. The van der Waals surface area contributed by atoms with Crippen LogP contribution in [0.4, 0.5) is 0 Å². The van der Waals surface area contributed by atoms with Crippen LogP contribution in [0.2, 0.25) is 0 Å². The monoisotopic (exact) mass is 223 g/mol. The van der Waals surface area contributed by atoms with Crippen LogP contribution in [0.1, 0.15) is 46.4 Å². The first-order valence-corrected chi connectivity index (χ1v) is 6.06. The molecule has 1 aromatic heterocycles. The van der Waals surface area contributed by atoms with Crippen molar-refractivity contribution >= 4 is 0 Å². The molecule has 16 heavy (non-hydrogen) atoms. The Bertz CT molecular complexity index is 326. The fourth-order valence-electron chi connectivity index (χ4n) is 1.53. The Labute approximate surface area is 99.2 Å². The maximum Gasteiger partial charge on any atom is 0.0547 e. The molecule has 0 aliphatic heterocycles. The zero-order valence-electron chi connectivity index (χ0n) is 11.4. The van der Waals surface area contributed by atoms with Crippen LogP contribution in [0.3, 0.4) is 0 Å². The maximum absolute atomic E-state index is 4.19. The van der Waals surface area contributed by atoms with Crippen molar-refractivity contribution in [1.82, 2.24) is 15.1 Å². The van der Waals surface area contributed by atoms with Gasteiger partial charge in [-0.25, -0.2) is 0 Å². The lowest BCUT2D eigenvalue weighted by Gasteiger charge is -2.31. The van der Waals surface area contributed by atoms with Gasteiger partial charge in [-0.1, -0.05) is 27.7 Å². The Kier molecular flexibility index (Phi) is 4.14. The van der Waals surface area contributed by atoms with Gasteiger partial charge < -0.3 is 5.32 Å². The highest BCUT2D eigenvalue weighted by atomic mass is 15.3. The molecule has 0 saturated carbocycles. The molecule has 0 amide bonds. The van der Waals surface area contributed by atoms with E-state index in [2.05, 4.69) is 51.1 Å². The molecule has 3 nitrogen and oxygen atoms in total. The number of hydrogen-bond acceptors (Lipinski definition) is 2. The summed E-state index contributed by atoms with van der Waals surface area (Å²) in [6.07, 6.45) is 1.85. The molecule has 0 saturated heterocycles. The van der Waals surface area contributed by atoms with Gasteiger partial charge in [0.1, 0.15) is 0 Å². The van der Waals surface area contributed by atoms with Crippen LogP contribution in [0.25, 0.3) is 0 Å². The number of rotatable bonds is 5. The van der Waals surface area contributed by atoms with Gasteiger partial charge in [0.15, 0.2) is 0 Å². The van der Waals surface area contributed by atoms with Crippen molar-refractivity contribution in [3.05, 3.63) is 18.0 Å². The van der Waals surface area contributed by atoms with Crippen LogP contribution in [-0.2, 0) is 7.05 Å². The molecule has 3 heteroatoms. The average Bonchev–Trinajstić information content (AvgIpc) is 2.61. The predicted octanol–water partition coefficient (Wildman–Crippen LogP) is 2.75. The Hall–Kier alpha value is -0.830. The first-order valence-electron chi connectivity index (χ1n) is 6.06. The molecule has 1 heterocycles. The standard InChI is InChI=1S/C13H25N3/c1-10(2)13(4,5)9-14-11(3)12-7-8-15-16(12)6/h7-8,10-11,14H,9H2,1-6H3. The minimum absolute atomic E-state index is 0.326. The normalized spacial score (nSPS) is 14.4. The first-order chi connectivity index (χ1) is 7.34. The van der Waals surface area contributed by atoms with Crippen molar-refractivity contribution in [3.63, 3.8) is 0 Å². The zero-order valence-corrected chi connectivity index (χ0v) is 11.4. The van der Waals surface area contributed by atoms with Crippen molar-refractivity contribution in [1.29, 1.82) is 0 Å². The summed E-state index contributed by atoms with van der Waals surface area (Å²) in [5.74, 6) is 0.679. The van der Waals surface area contributed by atoms with Gasteiger partial charge in [-0.15, -0.1) is 0 Å². The van der Waals surface area contributed by atoms with E-state index in [4.69, 9.17) is 0 Å². The highest BCUT2D eigenvalue weighted by Gasteiger charge is 2.23. The van der Waals surface area contributed by atoms with E-state index >= 15 is 0 Å². The summed E-state index contributed by atoms with van der Waals surface area (Å²) in [6, 6.07) is 2.42. The Balaban J connectivity index is 2.54. The fraction of sp³-hybridized carbons (Fsp3) is 0.769. The second kappa shape index (κ2) is 5.00. The first kappa shape index (κ1) is 13.2. The van der Waals surface area contributed by atoms with Crippen LogP contribution in [-0.4, -0.2) is 16.3 Å². The summed E-state index contributed by atoms with van der Waals surface area (Å²) in [4.78, 5) is 0. The number of aryl methyl sites for hydroxylation is 1. The molecule has 0 fully saturated rings. The topological polar surface area (TPSA) is 29.9 Å². The highest BCUT2D eigenvalue weighted by molar-refractivity contribution is 5.05. The molecule has 0 aliphatic rings. The third kappa shape index (κ3) is 3.08. The quantitative estimate of drug-likeness (QED) is 0.832. The number of hydrogen-bond donors (Lipinski definition) is 1. The SMILES string of the molecule is CC(NCC(C)(C)C(C)C)c1ccnn1C. The molecule has 0 radical (unpaired) electrons. The van der Waals surface area contributed by atoms with Gasteiger partial charge in [-0.05, 0) is 24.3 Å².